The maximum atomic E-state index is 3.57. The van der Waals surface area contributed by atoms with Crippen molar-refractivity contribution in [2.45, 2.75) is 61.8 Å². The van der Waals surface area contributed by atoms with Gasteiger partial charge in [0.05, 0.1) is 0 Å². The lowest BCUT2D eigenvalue weighted by molar-refractivity contribution is -0.427. The molecular formula is C15H27IN+. The van der Waals surface area contributed by atoms with Crippen molar-refractivity contribution in [3.63, 3.8) is 0 Å². The quantitative estimate of drug-likeness (QED) is 0.419. The molecule has 17 heavy (non-hydrogen) atoms. The molecule has 1 nitrogen and oxygen atoms in total. The monoisotopic (exact) mass is 348 g/mol. The number of alkyl halides is 1. The second-order valence-electron chi connectivity index (χ2n) is 6.77. The molecule has 1 heterocycles. The van der Waals surface area contributed by atoms with Crippen LogP contribution in [-0.2, 0) is 0 Å². The average Bonchev–Trinajstić information content (AvgIpc) is 3.15. The summed E-state index contributed by atoms with van der Waals surface area (Å²) in [7, 11) is 0. The van der Waals surface area contributed by atoms with Crippen LogP contribution in [0.1, 0.15) is 51.9 Å². The minimum absolute atomic E-state index is 0.899. The lowest BCUT2D eigenvalue weighted by Crippen LogP contribution is -3.39. The summed E-state index contributed by atoms with van der Waals surface area (Å²) in [6.45, 7) is 3.80. The standard InChI is InChI=1S/C15H27IN/c1-10-2-3-12(8-14(10)15-9-17-15)11-4-6-13(16)7-5-11/h10-17H,2-9H2,1H3/q+1. The van der Waals surface area contributed by atoms with Gasteiger partial charge < -0.3 is 5.32 Å². The van der Waals surface area contributed by atoms with Crippen molar-refractivity contribution in [2.24, 2.45) is 23.7 Å². The zero-order valence-electron chi connectivity index (χ0n) is 11.0. The van der Waals surface area contributed by atoms with Gasteiger partial charge in [-0.05, 0) is 62.2 Å². The number of hydrogen-bond donors (Lipinski definition) is 1. The molecule has 3 rings (SSSR count). The fourth-order valence-electron chi connectivity index (χ4n) is 4.31. The third kappa shape index (κ3) is 2.99. The molecule has 0 aromatic heterocycles. The molecule has 1 saturated heterocycles. The Morgan fingerprint density at radius 2 is 1.59 bits per heavy atom. The van der Waals surface area contributed by atoms with E-state index in [0.29, 0.717) is 0 Å². The minimum Gasteiger partial charge on any atom is -0.311 e. The average molecular weight is 348 g/mol. The third-order valence-electron chi connectivity index (χ3n) is 5.64. The number of rotatable bonds is 2. The second-order valence-corrected chi connectivity index (χ2v) is 8.67. The summed E-state index contributed by atoms with van der Waals surface area (Å²) in [5.74, 6) is 4.15. The molecule has 0 bridgehead atoms. The van der Waals surface area contributed by atoms with Crippen molar-refractivity contribution >= 4 is 0 Å². The highest BCUT2D eigenvalue weighted by atomic mass is 127. The van der Waals surface area contributed by atoms with Gasteiger partial charge in [0.2, 0.25) is 0 Å². The lowest BCUT2D eigenvalue weighted by Gasteiger charge is -2.39. The zero-order chi connectivity index (χ0) is 11.8. The van der Waals surface area contributed by atoms with Gasteiger partial charge in [0, 0.05) is 12.6 Å². The van der Waals surface area contributed by atoms with Gasteiger partial charge in [-0.2, -0.15) is 0 Å². The Bertz CT molecular complexity index is 256. The van der Waals surface area contributed by atoms with Crippen molar-refractivity contribution in [1.29, 1.82) is 0 Å². The molecule has 2 heteroatoms. The van der Waals surface area contributed by atoms with E-state index in [1.165, 1.54) is 45.1 Å². The van der Waals surface area contributed by atoms with Gasteiger partial charge in [0.25, 0.3) is 22.6 Å². The normalized spacial score (nSPS) is 51.2. The molecule has 4 atom stereocenters. The molecule has 3 fully saturated rings. The summed E-state index contributed by atoms with van der Waals surface area (Å²) in [5, 5.41) is 3.57. The van der Waals surface area contributed by atoms with E-state index in [0.717, 1.165) is 33.6 Å². The van der Waals surface area contributed by atoms with Crippen LogP contribution in [0, 0.1) is 23.7 Å². The van der Waals surface area contributed by atoms with Gasteiger partial charge in [0.1, 0.15) is 0 Å². The van der Waals surface area contributed by atoms with Gasteiger partial charge in [-0.25, -0.2) is 0 Å². The summed E-state index contributed by atoms with van der Waals surface area (Å²) >= 11 is 2.37. The van der Waals surface area contributed by atoms with Crippen molar-refractivity contribution in [1.82, 2.24) is 5.32 Å². The highest BCUT2D eigenvalue weighted by Gasteiger charge is 2.41. The van der Waals surface area contributed by atoms with Gasteiger partial charge in [-0.15, -0.1) is 0 Å². The Labute approximate surface area is 120 Å². The Balaban J connectivity index is 1.56. The minimum atomic E-state index is 0.899. The van der Waals surface area contributed by atoms with E-state index in [1.807, 2.05) is 0 Å². The van der Waals surface area contributed by atoms with E-state index >= 15 is 0 Å². The Kier molecular flexibility index (Phi) is 4.01. The SMILES string of the molecule is CC1CCC(C2CCC([IH+])CC2)CC1C1CN1. The van der Waals surface area contributed by atoms with E-state index in [4.69, 9.17) is 0 Å². The molecule has 2 aliphatic carbocycles. The molecule has 4 unspecified atom stereocenters. The van der Waals surface area contributed by atoms with Crippen LogP contribution in [0.4, 0.5) is 0 Å². The van der Waals surface area contributed by atoms with Crippen LogP contribution in [-0.4, -0.2) is 16.5 Å². The van der Waals surface area contributed by atoms with Gasteiger partial charge in [-0.1, -0.05) is 13.3 Å². The largest absolute Gasteiger partial charge is 0.311 e. The molecule has 0 spiro atoms. The van der Waals surface area contributed by atoms with Gasteiger partial charge in [-0.3, -0.25) is 0 Å². The summed E-state index contributed by atoms with van der Waals surface area (Å²) in [6.07, 6.45) is 10.7. The van der Waals surface area contributed by atoms with Crippen LogP contribution >= 0.6 is 0 Å². The summed E-state index contributed by atoms with van der Waals surface area (Å²) in [4.78, 5) is 0. The molecule has 1 aliphatic heterocycles. The predicted octanol–water partition coefficient (Wildman–Crippen LogP) is -0.145. The first-order valence-electron chi connectivity index (χ1n) is 7.63. The Morgan fingerprint density at radius 1 is 0.941 bits per heavy atom. The first-order chi connectivity index (χ1) is 8.24. The van der Waals surface area contributed by atoms with Crippen molar-refractivity contribution in [2.75, 3.05) is 6.54 Å². The molecule has 0 radical (unpaired) electrons. The predicted molar refractivity (Wildman–Crippen MR) is 68.9 cm³/mol. The first-order valence-corrected chi connectivity index (χ1v) is 8.97. The van der Waals surface area contributed by atoms with Crippen LogP contribution in [0.2, 0.25) is 0 Å². The summed E-state index contributed by atoms with van der Waals surface area (Å²) < 4.78 is 1.02. The Morgan fingerprint density at radius 3 is 2.24 bits per heavy atom. The molecule has 0 amide bonds. The van der Waals surface area contributed by atoms with Crippen molar-refractivity contribution in [3.05, 3.63) is 0 Å². The van der Waals surface area contributed by atoms with E-state index in [-0.39, 0.29) is 0 Å². The topological polar surface area (TPSA) is 21.9 Å². The molecule has 1 N–H and O–H groups in total. The van der Waals surface area contributed by atoms with Crippen LogP contribution < -0.4 is 27.9 Å². The Hall–Kier alpha value is 0.690. The third-order valence-corrected chi connectivity index (χ3v) is 6.99. The smallest absolute Gasteiger partial charge is 0.255 e. The van der Waals surface area contributed by atoms with Crippen LogP contribution in [0.3, 0.4) is 0 Å². The maximum Gasteiger partial charge on any atom is 0.255 e. The zero-order valence-corrected chi connectivity index (χ0v) is 13.4. The fourth-order valence-corrected chi connectivity index (χ4v) is 5.09. The van der Waals surface area contributed by atoms with Gasteiger partial charge in [0.15, 0.2) is 3.92 Å². The molecule has 98 valence electrons. The number of hydrogen-bond acceptors (Lipinski definition) is 1. The summed E-state index contributed by atoms with van der Waals surface area (Å²) in [5.41, 5.74) is 0. The summed E-state index contributed by atoms with van der Waals surface area (Å²) in [6, 6.07) is 0.899. The van der Waals surface area contributed by atoms with Crippen LogP contribution in [0.25, 0.3) is 0 Å². The first kappa shape index (κ1) is 12.7. The van der Waals surface area contributed by atoms with Gasteiger partial charge >= 0.3 is 0 Å². The van der Waals surface area contributed by atoms with E-state index in [9.17, 15) is 0 Å². The van der Waals surface area contributed by atoms with E-state index in [2.05, 4.69) is 34.8 Å². The van der Waals surface area contributed by atoms with E-state index < -0.39 is 0 Å². The molecule has 0 aromatic carbocycles. The number of halogens is 1. The van der Waals surface area contributed by atoms with Crippen molar-refractivity contribution < 1.29 is 22.6 Å². The number of nitrogens with one attached hydrogen (secondary N) is 1. The molecule has 0 aromatic rings. The van der Waals surface area contributed by atoms with Crippen molar-refractivity contribution in [3.8, 4) is 0 Å². The molecule has 2 saturated carbocycles. The van der Waals surface area contributed by atoms with Crippen LogP contribution in [0.5, 0.6) is 0 Å². The van der Waals surface area contributed by atoms with E-state index in [1.54, 1.807) is 6.42 Å². The van der Waals surface area contributed by atoms with Crippen LogP contribution in [0.15, 0.2) is 0 Å². The molecular weight excluding hydrogens is 321 g/mol. The highest BCUT2D eigenvalue weighted by Crippen LogP contribution is 2.44. The second kappa shape index (κ2) is 5.36. The maximum absolute atomic E-state index is 3.57. The molecule has 3 aliphatic rings. The lowest BCUT2D eigenvalue weighted by atomic mass is 9.66. The fraction of sp³-hybridized carbons (Fsp3) is 1.00. The highest BCUT2D eigenvalue weighted by molar-refractivity contribution is 4.96.